The molecule has 1 atom stereocenters. The molecule has 1 unspecified atom stereocenters. The second-order valence-electron chi connectivity index (χ2n) is 6.13. The van der Waals surface area contributed by atoms with Crippen molar-refractivity contribution >= 4 is 39.1 Å². The highest BCUT2D eigenvalue weighted by Gasteiger charge is 2.22. The Labute approximate surface area is 160 Å². The standard InChI is InChI=1S/C20H17N3O3S/c1-11-4-5-17-15(8-11)9-16(12(2)22-17)20(25)26-13(3)18(24)23-19-14(10-21)6-7-27-19/h4-9,13H,1-3H3,(H,23,24). The molecule has 0 fully saturated rings. The SMILES string of the molecule is Cc1ccc2nc(C)c(C(=O)OC(C)C(=O)Nc3sccc3C#N)cc2c1. The van der Waals surface area contributed by atoms with Gasteiger partial charge in [-0.15, -0.1) is 11.3 Å². The fraction of sp³-hybridized carbons (Fsp3) is 0.200. The van der Waals surface area contributed by atoms with E-state index in [1.807, 2.05) is 31.2 Å². The Kier molecular flexibility index (Phi) is 5.19. The number of nitrogens with one attached hydrogen (secondary N) is 1. The molecule has 0 bridgehead atoms. The van der Waals surface area contributed by atoms with E-state index in [0.717, 1.165) is 16.5 Å². The van der Waals surface area contributed by atoms with Crippen LogP contribution in [-0.2, 0) is 9.53 Å². The van der Waals surface area contributed by atoms with Crippen molar-refractivity contribution in [2.75, 3.05) is 5.32 Å². The fourth-order valence-corrected chi connectivity index (χ4v) is 3.32. The highest BCUT2D eigenvalue weighted by molar-refractivity contribution is 7.14. The molecule has 0 aliphatic rings. The molecule has 0 saturated heterocycles. The van der Waals surface area contributed by atoms with E-state index in [-0.39, 0.29) is 0 Å². The minimum absolute atomic E-state index is 0.321. The van der Waals surface area contributed by atoms with Crippen LogP contribution in [0.4, 0.5) is 5.00 Å². The number of aryl methyl sites for hydroxylation is 2. The Morgan fingerprint density at radius 1 is 1.26 bits per heavy atom. The van der Waals surface area contributed by atoms with Crippen LogP contribution in [0.2, 0.25) is 0 Å². The van der Waals surface area contributed by atoms with Gasteiger partial charge in [-0.05, 0) is 50.4 Å². The van der Waals surface area contributed by atoms with Gasteiger partial charge in [0.2, 0.25) is 0 Å². The van der Waals surface area contributed by atoms with Gasteiger partial charge >= 0.3 is 5.97 Å². The van der Waals surface area contributed by atoms with Crippen LogP contribution in [0.25, 0.3) is 10.9 Å². The lowest BCUT2D eigenvalue weighted by Gasteiger charge is -2.14. The number of nitrogens with zero attached hydrogens (tertiary/aromatic N) is 2. The molecule has 136 valence electrons. The number of thiophene rings is 1. The zero-order valence-corrected chi connectivity index (χ0v) is 15.9. The van der Waals surface area contributed by atoms with Crippen molar-refractivity contribution in [1.82, 2.24) is 4.98 Å². The highest BCUT2D eigenvalue weighted by Crippen LogP contribution is 2.23. The van der Waals surface area contributed by atoms with Gasteiger partial charge in [0.15, 0.2) is 6.10 Å². The summed E-state index contributed by atoms with van der Waals surface area (Å²) in [5, 5.41) is 14.6. The van der Waals surface area contributed by atoms with Crippen molar-refractivity contribution in [3.63, 3.8) is 0 Å². The van der Waals surface area contributed by atoms with Gasteiger partial charge in [0.25, 0.3) is 5.91 Å². The Morgan fingerprint density at radius 2 is 2.04 bits per heavy atom. The van der Waals surface area contributed by atoms with Crippen LogP contribution in [0, 0.1) is 25.2 Å². The summed E-state index contributed by atoms with van der Waals surface area (Å²) in [7, 11) is 0. The van der Waals surface area contributed by atoms with Crippen molar-refractivity contribution in [2.45, 2.75) is 26.9 Å². The van der Waals surface area contributed by atoms with Crippen molar-refractivity contribution < 1.29 is 14.3 Å². The average molecular weight is 379 g/mol. The number of hydrogen-bond acceptors (Lipinski definition) is 6. The largest absolute Gasteiger partial charge is 0.449 e. The topological polar surface area (TPSA) is 92.1 Å². The number of anilines is 1. The molecule has 0 spiro atoms. The Bertz CT molecular complexity index is 1080. The molecule has 0 aliphatic carbocycles. The lowest BCUT2D eigenvalue weighted by molar-refractivity contribution is -0.123. The molecule has 2 aromatic heterocycles. The number of esters is 1. The summed E-state index contributed by atoms with van der Waals surface area (Å²) in [6, 6.07) is 11.1. The van der Waals surface area contributed by atoms with Crippen LogP contribution in [0.1, 0.15) is 34.1 Å². The Balaban J connectivity index is 1.76. The fourth-order valence-electron chi connectivity index (χ4n) is 2.58. The number of ether oxygens (including phenoxy) is 1. The van der Waals surface area contributed by atoms with Gasteiger partial charge in [0.05, 0.1) is 22.3 Å². The van der Waals surface area contributed by atoms with Crippen LogP contribution in [-0.4, -0.2) is 23.0 Å². The van der Waals surface area contributed by atoms with Crippen LogP contribution >= 0.6 is 11.3 Å². The first-order chi connectivity index (χ1) is 12.9. The van der Waals surface area contributed by atoms with Gasteiger partial charge in [-0.2, -0.15) is 5.26 Å². The maximum absolute atomic E-state index is 12.5. The number of benzene rings is 1. The predicted molar refractivity (Wildman–Crippen MR) is 104 cm³/mol. The van der Waals surface area contributed by atoms with Gasteiger partial charge in [0, 0.05) is 5.39 Å². The van der Waals surface area contributed by atoms with Crippen molar-refractivity contribution in [3.05, 3.63) is 58.1 Å². The lowest BCUT2D eigenvalue weighted by atomic mass is 10.1. The Morgan fingerprint density at radius 3 is 2.78 bits per heavy atom. The molecule has 7 heteroatoms. The van der Waals surface area contributed by atoms with Crippen LogP contribution in [0.15, 0.2) is 35.7 Å². The summed E-state index contributed by atoms with van der Waals surface area (Å²) in [6.45, 7) is 5.18. The molecule has 3 aromatic rings. The van der Waals surface area contributed by atoms with E-state index < -0.39 is 18.0 Å². The zero-order chi connectivity index (χ0) is 19.6. The Hall–Kier alpha value is -3.24. The second kappa shape index (κ2) is 7.56. The molecule has 3 rings (SSSR count). The summed E-state index contributed by atoms with van der Waals surface area (Å²) in [5.41, 5.74) is 3.08. The number of nitriles is 1. The van der Waals surface area contributed by atoms with Gasteiger partial charge < -0.3 is 10.1 Å². The number of fused-ring (bicyclic) bond motifs is 1. The van der Waals surface area contributed by atoms with Crippen molar-refractivity contribution in [1.29, 1.82) is 5.26 Å². The normalized spacial score (nSPS) is 11.6. The third kappa shape index (κ3) is 3.96. The third-order valence-electron chi connectivity index (χ3n) is 4.06. The number of aromatic nitrogens is 1. The van der Waals surface area contributed by atoms with Crippen LogP contribution in [0.3, 0.4) is 0 Å². The van der Waals surface area contributed by atoms with Crippen molar-refractivity contribution in [3.8, 4) is 6.07 Å². The first-order valence-corrected chi connectivity index (χ1v) is 9.14. The quantitative estimate of drug-likeness (QED) is 0.693. The number of amides is 1. The number of hydrogen-bond donors (Lipinski definition) is 1. The maximum atomic E-state index is 12.5. The molecule has 27 heavy (non-hydrogen) atoms. The van der Waals surface area contributed by atoms with Crippen LogP contribution in [0.5, 0.6) is 0 Å². The predicted octanol–water partition coefficient (Wildman–Crippen LogP) is 3.97. The second-order valence-corrected chi connectivity index (χ2v) is 7.05. The maximum Gasteiger partial charge on any atom is 0.340 e. The smallest absolute Gasteiger partial charge is 0.340 e. The van der Waals surface area contributed by atoms with Gasteiger partial charge in [-0.25, -0.2) is 4.79 Å². The molecule has 0 aliphatic heterocycles. The summed E-state index contributed by atoms with van der Waals surface area (Å²) in [4.78, 5) is 29.3. The molecule has 6 nitrogen and oxygen atoms in total. The lowest BCUT2D eigenvalue weighted by Crippen LogP contribution is -2.30. The zero-order valence-electron chi connectivity index (χ0n) is 15.1. The molecule has 1 amide bonds. The average Bonchev–Trinajstić information content (AvgIpc) is 3.08. The number of pyridine rings is 1. The molecule has 1 N–H and O–H groups in total. The number of rotatable bonds is 4. The van der Waals surface area contributed by atoms with E-state index in [9.17, 15) is 9.59 Å². The molecule has 1 aromatic carbocycles. The van der Waals surface area contributed by atoms with E-state index >= 15 is 0 Å². The van der Waals surface area contributed by atoms with Crippen LogP contribution < -0.4 is 5.32 Å². The minimum atomic E-state index is -1.02. The van der Waals surface area contributed by atoms with E-state index in [2.05, 4.69) is 10.3 Å². The van der Waals surface area contributed by atoms with Gasteiger partial charge in [-0.1, -0.05) is 11.6 Å². The first kappa shape index (κ1) is 18.5. The van der Waals surface area contributed by atoms with E-state index in [1.165, 1.54) is 18.3 Å². The number of carbonyl (C=O) groups excluding carboxylic acids is 2. The summed E-state index contributed by atoms with van der Waals surface area (Å²) < 4.78 is 5.31. The van der Waals surface area contributed by atoms with E-state index in [4.69, 9.17) is 10.00 Å². The highest BCUT2D eigenvalue weighted by atomic mass is 32.1. The van der Waals surface area contributed by atoms with Gasteiger partial charge in [-0.3, -0.25) is 9.78 Å². The summed E-state index contributed by atoms with van der Waals surface area (Å²) >= 11 is 1.24. The van der Waals surface area contributed by atoms with Crippen molar-refractivity contribution in [2.24, 2.45) is 0 Å². The molecular weight excluding hydrogens is 362 g/mol. The monoisotopic (exact) mass is 379 g/mol. The molecular formula is C20H17N3O3S. The van der Waals surface area contributed by atoms with E-state index in [0.29, 0.717) is 21.8 Å². The summed E-state index contributed by atoms with van der Waals surface area (Å²) in [6.07, 6.45) is -1.02. The molecule has 2 heterocycles. The van der Waals surface area contributed by atoms with Gasteiger partial charge in [0.1, 0.15) is 11.1 Å². The molecule has 0 saturated carbocycles. The van der Waals surface area contributed by atoms with E-state index in [1.54, 1.807) is 24.4 Å². The third-order valence-corrected chi connectivity index (χ3v) is 4.89. The molecule has 0 radical (unpaired) electrons. The number of carbonyl (C=O) groups is 2. The minimum Gasteiger partial charge on any atom is -0.449 e. The first-order valence-electron chi connectivity index (χ1n) is 8.26. The summed E-state index contributed by atoms with van der Waals surface area (Å²) in [5.74, 6) is -1.11.